The summed E-state index contributed by atoms with van der Waals surface area (Å²) in [6.07, 6.45) is -1.14. The van der Waals surface area contributed by atoms with Crippen molar-refractivity contribution in [3.8, 4) is 0 Å². The molecule has 3 aromatic carbocycles. The summed E-state index contributed by atoms with van der Waals surface area (Å²) in [6.45, 7) is 0. The number of rotatable bonds is 2. The molecule has 158 valence electrons. The summed E-state index contributed by atoms with van der Waals surface area (Å²) in [5, 5.41) is 4.80. The minimum absolute atomic E-state index is 0.385. The number of nitrogens with zero attached hydrogens (tertiary/aromatic N) is 2. The van der Waals surface area contributed by atoms with Gasteiger partial charge in [0.2, 0.25) is 5.91 Å². The molecule has 3 amide bonds. The molecule has 7 nitrogen and oxygen atoms in total. The van der Waals surface area contributed by atoms with Crippen molar-refractivity contribution in [3.63, 3.8) is 0 Å². The molecular weight excluding hydrogens is 430 g/mol. The van der Waals surface area contributed by atoms with Gasteiger partial charge < -0.3 is 5.32 Å². The number of carbonyl (C=O) groups is 3. The van der Waals surface area contributed by atoms with E-state index in [-0.39, 0.29) is 0 Å². The van der Waals surface area contributed by atoms with E-state index in [2.05, 4.69) is 5.32 Å². The van der Waals surface area contributed by atoms with Crippen LogP contribution < -0.4 is 15.3 Å². The van der Waals surface area contributed by atoms with Crippen LogP contribution in [0.3, 0.4) is 0 Å². The van der Waals surface area contributed by atoms with E-state index >= 15 is 0 Å². The Hall–Kier alpha value is -3.68. The molecule has 2 fully saturated rings. The van der Waals surface area contributed by atoms with Crippen LogP contribution in [-0.4, -0.2) is 23.8 Å². The summed E-state index contributed by atoms with van der Waals surface area (Å²) in [5.41, 5.74) is 0.632. The topological polar surface area (TPSA) is 79.0 Å². The molecule has 3 aliphatic heterocycles. The van der Waals surface area contributed by atoms with Crippen LogP contribution >= 0.6 is 11.6 Å². The summed E-state index contributed by atoms with van der Waals surface area (Å²) in [4.78, 5) is 48.0. The second-order valence-corrected chi connectivity index (χ2v) is 8.32. The molecule has 1 N–H and O–H groups in total. The standard InChI is InChI=1S/C24H16ClN3O4/c25-14-10-12-15(13-11-14)27-21(29)19-20(22(27)30)32-28(16-6-2-1-3-7-16)24(19)17-8-4-5-9-18(17)26-23(24)31/h1-13,19-20H,(H,26,31)/t19-,20+,24-/m1/s1. The highest BCUT2D eigenvalue weighted by Gasteiger charge is 2.73. The average molecular weight is 446 g/mol. The largest absolute Gasteiger partial charge is 0.323 e. The van der Waals surface area contributed by atoms with Gasteiger partial charge in [-0.1, -0.05) is 48.0 Å². The molecule has 0 aliphatic carbocycles. The number of fused-ring (bicyclic) bond motifs is 4. The average Bonchev–Trinajstić information content (AvgIpc) is 3.40. The molecule has 3 aliphatic rings. The van der Waals surface area contributed by atoms with Crippen LogP contribution in [0.25, 0.3) is 0 Å². The molecule has 3 aromatic rings. The summed E-state index contributed by atoms with van der Waals surface area (Å²) in [6, 6.07) is 22.6. The minimum atomic E-state index is -1.52. The Labute approximate surface area is 188 Å². The third kappa shape index (κ3) is 2.32. The Kier molecular flexibility index (Phi) is 3.96. The lowest BCUT2D eigenvalue weighted by Gasteiger charge is -2.35. The molecule has 2 saturated heterocycles. The van der Waals surface area contributed by atoms with Crippen molar-refractivity contribution >= 4 is 46.4 Å². The van der Waals surface area contributed by atoms with Crippen molar-refractivity contribution in [1.82, 2.24) is 0 Å². The van der Waals surface area contributed by atoms with Gasteiger partial charge in [0.15, 0.2) is 11.6 Å². The lowest BCUT2D eigenvalue weighted by molar-refractivity contribution is -0.130. The van der Waals surface area contributed by atoms with Crippen molar-refractivity contribution < 1.29 is 19.2 Å². The van der Waals surface area contributed by atoms with Gasteiger partial charge >= 0.3 is 0 Å². The molecule has 3 heterocycles. The number of hydrogen-bond donors (Lipinski definition) is 1. The summed E-state index contributed by atoms with van der Waals surface area (Å²) in [5.74, 6) is -2.48. The maximum atomic E-state index is 13.8. The number of amides is 3. The van der Waals surface area contributed by atoms with Gasteiger partial charge in [0, 0.05) is 16.3 Å². The molecule has 6 rings (SSSR count). The van der Waals surface area contributed by atoms with E-state index < -0.39 is 35.3 Å². The number of para-hydroxylation sites is 2. The van der Waals surface area contributed by atoms with E-state index in [0.717, 1.165) is 4.90 Å². The summed E-state index contributed by atoms with van der Waals surface area (Å²) >= 11 is 5.98. The molecule has 0 aromatic heterocycles. The van der Waals surface area contributed by atoms with Gasteiger partial charge in [0.05, 0.1) is 11.4 Å². The van der Waals surface area contributed by atoms with Crippen LogP contribution in [0.1, 0.15) is 5.56 Å². The maximum Gasteiger partial charge on any atom is 0.266 e. The van der Waals surface area contributed by atoms with Crippen LogP contribution in [-0.2, 0) is 24.8 Å². The van der Waals surface area contributed by atoms with Gasteiger partial charge in [-0.2, -0.15) is 0 Å². The second kappa shape index (κ2) is 6.66. The monoisotopic (exact) mass is 445 g/mol. The first kappa shape index (κ1) is 19.0. The highest BCUT2D eigenvalue weighted by Crippen LogP contribution is 2.56. The molecule has 1 spiro atoms. The van der Waals surface area contributed by atoms with Crippen LogP contribution in [0.4, 0.5) is 17.1 Å². The second-order valence-electron chi connectivity index (χ2n) is 7.89. The predicted octanol–water partition coefficient (Wildman–Crippen LogP) is 3.50. The molecule has 0 saturated carbocycles. The normalized spacial score (nSPS) is 26.0. The van der Waals surface area contributed by atoms with Crippen LogP contribution in [0.15, 0.2) is 78.9 Å². The number of benzene rings is 3. The Morgan fingerprint density at radius 2 is 1.50 bits per heavy atom. The van der Waals surface area contributed by atoms with Crippen LogP contribution in [0.5, 0.6) is 0 Å². The Morgan fingerprint density at radius 3 is 2.25 bits per heavy atom. The van der Waals surface area contributed by atoms with E-state index in [4.69, 9.17) is 16.4 Å². The number of carbonyl (C=O) groups excluding carboxylic acids is 3. The maximum absolute atomic E-state index is 13.8. The van der Waals surface area contributed by atoms with Crippen molar-refractivity contribution in [1.29, 1.82) is 0 Å². The highest BCUT2D eigenvalue weighted by atomic mass is 35.5. The first-order valence-electron chi connectivity index (χ1n) is 10.1. The molecule has 0 unspecified atom stereocenters. The van der Waals surface area contributed by atoms with Gasteiger partial charge in [0.25, 0.3) is 11.8 Å². The third-order valence-electron chi connectivity index (χ3n) is 6.25. The van der Waals surface area contributed by atoms with Gasteiger partial charge in [-0.3, -0.25) is 19.2 Å². The molecule has 0 bridgehead atoms. The Bertz CT molecular complexity index is 1280. The lowest BCUT2D eigenvalue weighted by atomic mass is 9.77. The van der Waals surface area contributed by atoms with Crippen molar-refractivity contribution in [2.24, 2.45) is 5.92 Å². The summed E-state index contributed by atoms with van der Waals surface area (Å²) in [7, 11) is 0. The number of anilines is 3. The molecular formula is C24H16ClN3O4. The van der Waals surface area contributed by atoms with E-state index in [0.29, 0.717) is 27.6 Å². The van der Waals surface area contributed by atoms with E-state index in [9.17, 15) is 14.4 Å². The van der Waals surface area contributed by atoms with Crippen LogP contribution in [0.2, 0.25) is 5.02 Å². The highest BCUT2D eigenvalue weighted by molar-refractivity contribution is 6.31. The number of imide groups is 1. The van der Waals surface area contributed by atoms with E-state index in [1.165, 1.54) is 5.06 Å². The predicted molar refractivity (Wildman–Crippen MR) is 118 cm³/mol. The van der Waals surface area contributed by atoms with Crippen molar-refractivity contribution in [3.05, 3.63) is 89.4 Å². The Morgan fingerprint density at radius 1 is 0.812 bits per heavy atom. The number of hydrogen-bond acceptors (Lipinski definition) is 5. The first-order valence-corrected chi connectivity index (χ1v) is 10.5. The van der Waals surface area contributed by atoms with Crippen LogP contribution in [0, 0.1) is 5.92 Å². The van der Waals surface area contributed by atoms with Gasteiger partial charge in [-0.25, -0.2) is 9.96 Å². The molecule has 8 heteroatoms. The number of hydroxylamine groups is 1. The van der Waals surface area contributed by atoms with Gasteiger partial charge in [-0.15, -0.1) is 0 Å². The fourth-order valence-electron chi connectivity index (χ4n) is 4.92. The van der Waals surface area contributed by atoms with E-state index in [1.807, 2.05) is 18.2 Å². The lowest BCUT2D eigenvalue weighted by Crippen LogP contribution is -2.53. The Balaban J connectivity index is 1.55. The SMILES string of the molecule is O=C1[C@H]2ON(c3ccccc3)[C@@]3(C(=O)Nc4ccccc43)[C@H]2C(=O)N1c1ccc(Cl)cc1. The van der Waals surface area contributed by atoms with Gasteiger partial charge in [0.1, 0.15) is 5.92 Å². The number of nitrogens with one attached hydrogen (secondary N) is 1. The van der Waals surface area contributed by atoms with Gasteiger partial charge in [-0.05, 0) is 42.5 Å². The first-order chi connectivity index (χ1) is 15.5. The zero-order valence-corrected chi connectivity index (χ0v) is 17.3. The zero-order chi connectivity index (χ0) is 22.0. The minimum Gasteiger partial charge on any atom is -0.323 e. The molecule has 32 heavy (non-hydrogen) atoms. The zero-order valence-electron chi connectivity index (χ0n) is 16.6. The fourth-order valence-corrected chi connectivity index (χ4v) is 5.05. The van der Waals surface area contributed by atoms with Crippen molar-refractivity contribution in [2.45, 2.75) is 11.6 Å². The number of halogens is 1. The smallest absolute Gasteiger partial charge is 0.266 e. The molecule has 3 atom stereocenters. The van der Waals surface area contributed by atoms with E-state index in [1.54, 1.807) is 60.7 Å². The third-order valence-corrected chi connectivity index (χ3v) is 6.50. The fraction of sp³-hybridized carbons (Fsp3) is 0.125. The quantitative estimate of drug-likeness (QED) is 0.611. The van der Waals surface area contributed by atoms with Crippen molar-refractivity contribution in [2.75, 3.05) is 15.3 Å². The summed E-state index contributed by atoms with van der Waals surface area (Å²) < 4.78 is 0. The molecule has 0 radical (unpaired) electrons.